The van der Waals surface area contributed by atoms with Crippen LogP contribution in [0.2, 0.25) is 5.02 Å². The quantitative estimate of drug-likeness (QED) is 0.587. The van der Waals surface area contributed by atoms with Crippen molar-refractivity contribution in [3.63, 3.8) is 0 Å². The van der Waals surface area contributed by atoms with Gasteiger partial charge in [0.2, 0.25) is 11.8 Å². The first-order valence-corrected chi connectivity index (χ1v) is 11.3. The van der Waals surface area contributed by atoms with Crippen LogP contribution in [0.4, 0.5) is 5.69 Å². The van der Waals surface area contributed by atoms with Crippen LogP contribution < -0.4 is 10.6 Å². The van der Waals surface area contributed by atoms with Gasteiger partial charge in [-0.15, -0.1) is 11.8 Å². The first-order valence-electron chi connectivity index (χ1n) is 10.0. The van der Waals surface area contributed by atoms with Crippen molar-refractivity contribution in [1.82, 2.24) is 5.32 Å². The number of nitrogens with one attached hydrogen (secondary N) is 2. The Labute approximate surface area is 191 Å². The highest BCUT2D eigenvalue weighted by atomic mass is 35.5. The average molecular weight is 461 g/mol. The highest BCUT2D eigenvalue weighted by Gasteiger charge is 2.30. The maximum Gasteiger partial charge on any atom is 0.308 e. The summed E-state index contributed by atoms with van der Waals surface area (Å²) in [6.07, 6.45) is -0.240. The summed E-state index contributed by atoms with van der Waals surface area (Å²) in [4.78, 5) is 38.4. The number of esters is 1. The van der Waals surface area contributed by atoms with Crippen LogP contribution in [-0.4, -0.2) is 29.1 Å². The predicted molar refractivity (Wildman–Crippen MR) is 122 cm³/mol. The molecule has 0 saturated carbocycles. The van der Waals surface area contributed by atoms with Crippen LogP contribution in [0.1, 0.15) is 43.9 Å². The third-order valence-corrected chi connectivity index (χ3v) is 6.20. The van der Waals surface area contributed by atoms with Crippen molar-refractivity contribution in [2.45, 2.75) is 55.9 Å². The second kappa shape index (κ2) is 10.2. The molecule has 6 nitrogen and oxygen atoms in total. The van der Waals surface area contributed by atoms with Crippen LogP contribution in [0.25, 0.3) is 0 Å². The molecule has 0 aliphatic carbocycles. The summed E-state index contributed by atoms with van der Waals surface area (Å²) in [6, 6.07) is 12.3. The number of ether oxygens (including phenoxy) is 1. The monoisotopic (exact) mass is 460 g/mol. The molecule has 0 aromatic heterocycles. The van der Waals surface area contributed by atoms with E-state index in [1.807, 2.05) is 37.3 Å². The van der Waals surface area contributed by atoms with E-state index in [1.54, 1.807) is 26.0 Å². The molecule has 0 fully saturated rings. The number of amides is 2. The fourth-order valence-corrected chi connectivity index (χ4v) is 4.47. The number of aryl methyl sites for hydroxylation is 1. The molecule has 1 heterocycles. The van der Waals surface area contributed by atoms with Crippen LogP contribution in [-0.2, 0) is 19.1 Å². The summed E-state index contributed by atoms with van der Waals surface area (Å²) in [5, 5.41) is 5.66. The Morgan fingerprint density at radius 1 is 1.19 bits per heavy atom. The summed E-state index contributed by atoms with van der Waals surface area (Å²) in [6.45, 7) is 5.52. The van der Waals surface area contributed by atoms with E-state index in [9.17, 15) is 14.4 Å². The molecule has 0 bridgehead atoms. The third-order valence-electron chi connectivity index (χ3n) is 4.68. The highest BCUT2D eigenvalue weighted by molar-refractivity contribution is 8.01. The molecule has 2 aromatic rings. The lowest BCUT2D eigenvalue weighted by Gasteiger charge is -2.25. The molecular formula is C23H25ClN2O4S. The number of benzene rings is 2. The number of thioether (sulfide) groups is 1. The molecule has 1 aliphatic rings. The standard InChI is InChI=1S/C23H25ClN2O4S/c1-13(2)30-22(28)11-17(15-6-4-14(3)5-7-15)25-21(27)12-20-23(29)26-18-10-16(24)8-9-19(18)31-20/h4-10,13,17,20H,11-12H2,1-3H3,(H,25,27)(H,26,29). The lowest BCUT2D eigenvalue weighted by atomic mass is 10.0. The second-order valence-electron chi connectivity index (χ2n) is 7.71. The van der Waals surface area contributed by atoms with Gasteiger partial charge in [0.05, 0.1) is 29.5 Å². The number of carbonyl (C=O) groups is 3. The Balaban J connectivity index is 1.69. The predicted octanol–water partition coefficient (Wildman–Crippen LogP) is 4.65. The Bertz CT molecular complexity index is 978. The minimum Gasteiger partial charge on any atom is -0.463 e. The Morgan fingerprint density at radius 2 is 1.90 bits per heavy atom. The van der Waals surface area contributed by atoms with E-state index in [0.29, 0.717) is 10.7 Å². The van der Waals surface area contributed by atoms with E-state index in [0.717, 1.165) is 16.0 Å². The van der Waals surface area contributed by atoms with Crippen molar-refractivity contribution >= 4 is 46.8 Å². The van der Waals surface area contributed by atoms with Crippen LogP contribution in [0.5, 0.6) is 0 Å². The number of hydrogen-bond acceptors (Lipinski definition) is 5. The third kappa shape index (κ3) is 6.48. The smallest absolute Gasteiger partial charge is 0.308 e. The second-order valence-corrected chi connectivity index (χ2v) is 9.39. The molecule has 2 atom stereocenters. The van der Waals surface area contributed by atoms with Crippen LogP contribution in [0.15, 0.2) is 47.4 Å². The summed E-state index contributed by atoms with van der Waals surface area (Å²) in [5.41, 5.74) is 2.53. The molecular weight excluding hydrogens is 436 g/mol. The van der Waals surface area contributed by atoms with E-state index in [1.165, 1.54) is 11.8 Å². The molecule has 0 radical (unpaired) electrons. The van der Waals surface area contributed by atoms with Gasteiger partial charge in [0.25, 0.3) is 0 Å². The molecule has 2 amide bonds. The number of halogens is 1. The summed E-state index contributed by atoms with van der Waals surface area (Å²) in [5.74, 6) is -0.953. The first kappa shape index (κ1) is 23.2. The average Bonchev–Trinajstić information content (AvgIpc) is 2.68. The zero-order valence-electron chi connectivity index (χ0n) is 17.6. The van der Waals surface area contributed by atoms with Crippen LogP contribution >= 0.6 is 23.4 Å². The highest BCUT2D eigenvalue weighted by Crippen LogP contribution is 2.38. The maximum atomic E-state index is 12.8. The van der Waals surface area contributed by atoms with Crippen molar-refractivity contribution in [3.8, 4) is 0 Å². The minimum atomic E-state index is -0.574. The largest absolute Gasteiger partial charge is 0.463 e. The molecule has 2 aromatic carbocycles. The van der Waals surface area contributed by atoms with E-state index in [4.69, 9.17) is 16.3 Å². The van der Waals surface area contributed by atoms with Crippen molar-refractivity contribution in [3.05, 3.63) is 58.6 Å². The lowest BCUT2D eigenvalue weighted by molar-refractivity contribution is -0.148. The van der Waals surface area contributed by atoms with Gasteiger partial charge in [-0.1, -0.05) is 41.4 Å². The number of fused-ring (bicyclic) bond motifs is 1. The minimum absolute atomic E-state index is 0.0122. The number of hydrogen-bond donors (Lipinski definition) is 2. The van der Waals surface area contributed by atoms with E-state index in [-0.39, 0.29) is 30.8 Å². The summed E-state index contributed by atoms with van der Waals surface area (Å²) in [7, 11) is 0. The Hall–Kier alpha value is -2.51. The lowest BCUT2D eigenvalue weighted by Crippen LogP contribution is -2.37. The van der Waals surface area contributed by atoms with Crippen molar-refractivity contribution < 1.29 is 19.1 Å². The topological polar surface area (TPSA) is 84.5 Å². The molecule has 0 spiro atoms. The van der Waals surface area contributed by atoms with Gasteiger partial charge >= 0.3 is 5.97 Å². The van der Waals surface area contributed by atoms with Crippen molar-refractivity contribution in [2.24, 2.45) is 0 Å². The molecule has 1 aliphatic heterocycles. The van der Waals surface area contributed by atoms with Gasteiger partial charge in [0, 0.05) is 16.3 Å². The Morgan fingerprint density at radius 3 is 2.58 bits per heavy atom. The zero-order chi connectivity index (χ0) is 22.5. The van der Waals surface area contributed by atoms with Crippen molar-refractivity contribution in [2.75, 3.05) is 5.32 Å². The molecule has 8 heteroatoms. The molecule has 2 unspecified atom stereocenters. The van der Waals surface area contributed by atoms with Crippen LogP contribution in [0, 0.1) is 6.92 Å². The zero-order valence-corrected chi connectivity index (χ0v) is 19.2. The van der Waals surface area contributed by atoms with Gasteiger partial charge in [-0.05, 0) is 44.5 Å². The van der Waals surface area contributed by atoms with E-state index >= 15 is 0 Å². The van der Waals surface area contributed by atoms with Crippen LogP contribution in [0.3, 0.4) is 0 Å². The van der Waals surface area contributed by atoms with Crippen molar-refractivity contribution in [1.29, 1.82) is 0 Å². The van der Waals surface area contributed by atoms with Gasteiger partial charge in [0.15, 0.2) is 0 Å². The first-order chi connectivity index (χ1) is 14.7. The van der Waals surface area contributed by atoms with E-state index in [2.05, 4.69) is 10.6 Å². The molecule has 164 valence electrons. The molecule has 3 rings (SSSR count). The molecule has 31 heavy (non-hydrogen) atoms. The number of anilines is 1. The van der Waals surface area contributed by atoms with Gasteiger partial charge in [-0.25, -0.2) is 0 Å². The number of carbonyl (C=O) groups excluding carboxylic acids is 3. The fourth-order valence-electron chi connectivity index (χ4n) is 3.21. The SMILES string of the molecule is Cc1ccc(C(CC(=O)OC(C)C)NC(=O)CC2Sc3ccc(Cl)cc3NC2=O)cc1. The molecule has 0 saturated heterocycles. The van der Waals surface area contributed by atoms with Gasteiger partial charge in [0.1, 0.15) is 0 Å². The summed E-state index contributed by atoms with van der Waals surface area (Å²) >= 11 is 7.31. The van der Waals surface area contributed by atoms with Gasteiger partial charge in [-0.3, -0.25) is 14.4 Å². The fraction of sp³-hybridized carbons (Fsp3) is 0.348. The van der Waals surface area contributed by atoms with E-state index < -0.39 is 17.3 Å². The van der Waals surface area contributed by atoms with Gasteiger partial charge < -0.3 is 15.4 Å². The molecule has 2 N–H and O–H groups in total. The Kier molecular flexibility index (Phi) is 7.62. The maximum absolute atomic E-state index is 12.8. The van der Waals surface area contributed by atoms with Gasteiger partial charge in [-0.2, -0.15) is 0 Å². The summed E-state index contributed by atoms with van der Waals surface area (Å²) < 4.78 is 5.25. The number of rotatable bonds is 7. The normalized spacial score (nSPS) is 16.3.